The second kappa shape index (κ2) is 10.8. The molecule has 0 aliphatic rings. The number of hydrogen-bond acceptors (Lipinski definition) is 0. The fourth-order valence-electron chi connectivity index (χ4n) is 1.85. The van der Waals surface area contributed by atoms with Gasteiger partial charge in [-0.2, -0.15) is 0 Å². The Hall–Kier alpha value is -0.260. The molecule has 0 aliphatic heterocycles. The van der Waals surface area contributed by atoms with E-state index in [1.54, 1.807) is 0 Å². The van der Waals surface area contributed by atoms with Gasteiger partial charge in [-0.05, 0) is 25.2 Å². The van der Waals surface area contributed by atoms with Crippen LogP contribution in [0.5, 0.6) is 0 Å². The molecule has 0 aliphatic carbocycles. The quantitative estimate of drug-likeness (QED) is 0.345. The van der Waals surface area contributed by atoms with Crippen molar-refractivity contribution in [2.45, 2.75) is 72.1 Å². The molecule has 1 unspecified atom stereocenters. The number of unbranched alkanes of at least 4 members (excludes halogenated alkanes) is 2. The van der Waals surface area contributed by atoms with Gasteiger partial charge in [0.1, 0.15) is 0 Å². The third-order valence-electron chi connectivity index (χ3n) is 2.94. The highest BCUT2D eigenvalue weighted by Gasteiger charge is 2.03. The van der Waals surface area contributed by atoms with E-state index in [0.29, 0.717) is 0 Å². The molecule has 0 nitrogen and oxygen atoms in total. The summed E-state index contributed by atoms with van der Waals surface area (Å²) in [4.78, 5) is 0. The van der Waals surface area contributed by atoms with Gasteiger partial charge in [0, 0.05) is 0 Å². The highest BCUT2D eigenvalue weighted by molar-refractivity contribution is 4.80. The first kappa shape index (κ1) is 13.7. The largest absolute Gasteiger partial charge is 0.0888 e. The Kier molecular flexibility index (Phi) is 10.6. The highest BCUT2D eigenvalue weighted by atomic mass is 14.1. The summed E-state index contributed by atoms with van der Waals surface area (Å²) in [6.45, 7) is 6.82. The molecule has 0 aromatic heterocycles. The molecule has 0 fully saturated rings. The van der Waals surface area contributed by atoms with Crippen molar-refractivity contribution in [1.29, 1.82) is 0 Å². The average molecular weight is 196 g/mol. The summed E-state index contributed by atoms with van der Waals surface area (Å²) in [5, 5.41) is 0. The van der Waals surface area contributed by atoms with Gasteiger partial charge in [0.15, 0.2) is 0 Å². The maximum Gasteiger partial charge on any atom is -0.0348 e. The minimum atomic E-state index is 0.975. The molecule has 0 saturated heterocycles. The van der Waals surface area contributed by atoms with Crippen molar-refractivity contribution >= 4 is 0 Å². The van der Waals surface area contributed by atoms with Gasteiger partial charge < -0.3 is 0 Å². The third kappa shape index (κ3) is 8.34. The van der Waals surface area contributed by atoms with E-state index in [0.717, 1.165) is 5.92 Å². The fraction of sp³-hybridized carbons (Fsp3) is 0.857. The highest BCUT2D eigenvalue weighted by Crippen LogP contribution is 2.19. The minimum Gasteiger partial charge on any atom is -0.0888 e. The van der Waals surface area contributed by atoms with Crippen LogP contribution in [-0.4, -0.2) is 0 Å². The summed E-state index contributed by atoms with van der Waals surface area (Å²) in [6.07, 6.45) is 15.5. The van der Waals surface area contributed by atoms with Crippen molar-refractivity contribution in [2.75, 3.05) is 0 Å². The second-order valence-corrected chi connectivity index (χ2v) is 4.23. The van der Waals surface area contributed by atoms with Gasteiger partial charge in [-0.3, -0.25) is 0 Å². The van der Waals surface area contributed by atoms with Crippen LogP contribution in [0, 0.1) is 5.92 Å². The standard InChI is InChI=1S/C14H28/c1-4-7-9-11-13-14(6-3)12-10-8-5-2/h7,9,14H,4-6,8,10-13H2,1-3H3. The number of allylic oxidation sites excluding steroid dienone is 2. The Morgan fingerprint density at radius 3 is 2.29 bits per heavy atom. The summed E-state index contributed by atoms with van der Waals surface area (Å²) in [5.74, 6) is 0.975. The molecule has 0 aromatic carbocycles. The summed E-state index contributed by atoms with van der Waals surface area (Å²) in [7, 11) is 0. The normalized spacial score (nSPS) is 13.6. The van der Waals surface area contributed by atoms with Gasteiger partial charge in [-0.15, -0.1) is 0 Å². The number of rotatable bonds is 9. The van der Waals surface area contributed by atoms with E-state index in [2.05, 4.69) is 32.9 Å². The van der Waals surface area contributed by atoms with E-state index in [4.69, 9.17) is 0 Å². The average Bonchev–Trinajstić information content (AvgIpc) is 2.22. The van der Waals surface area contributed by atoms with Gasteiger partial charge >= 0.3 is 0 Å². The van der Waals surface area contributed by atoms with Crippen molar-refractivity contribution in [1.82, 2.24) is 0 Å². The zero-order valence-electron chi connectivity index (χ0n) is 10.4. The zero-order valence-corrected chi connectivity index (χ0v) is 10.4. The predicted molar refractivity (Wildman–Crippen MR) is 66.6 cm³/mol. The first-order chi connectivity index (χ1) is 6.85. The van der Waals surface area contributed by atoms with Crippen molar-refractivity contribution < 1.29 is 0 Å². The maximum absolute atomic E-state index is 2.35. The summed E-state index contributed by atoms with van der Waals surface area (Å²) >= 11 is 0. The molecular weight excluding hydrogens is 168 g/mol. The monoisotopic (exact) mass is 196 g/mol. The van der Waals surface area contributed by atoms with Gasteiger partial charge in [0.25, 0.3) is 0 Å². The van der Waals surface area contributed by atoms with Gasteiger partial charge in [-0.25, -0.2) is 0 Å². The SMILES string of the molecule is CCC=CCCC(CC)CCCCC. The molecule has 0 aromatic rings. The Labute approximate surface area is 90.8 Å². The van der Waals surface area contributed by atoms with Crippen LogP contribution in [0.15, 0.2) is 12.2 Å². The lowest BCUT2D eigenvalue weighted by Gasteiger charge is -2.12. The second-order valence-electron chi connectivity index (χ2n) is 4.23. The summed E-state index contributed by atoms with van der Waals surface area (Å²) in [6, 6.07) is 0. The lowest BCUT2D eigenvalue weighted by atomic mass is 9.94. The van der Waals surface area contributed by atoms with Crippen LogP contribution in [0.1, 0.15) is 72.1 Å². The topological polar surface area (TPSA) is 0 Å². The van der Waals surface area contributed by atoms with Crippen LogP contribution in [0.3, 0.4) is 0 Å². The summed E-state index contributed by atoms with van der Waals surface area (Å²) < 4.78 is 0. The van der Waals surface area contributed by atoms with E-state index in [1.165, 1.54) is 51.4 Å². The molecular formula is C14H28. The maximum atomic E-state index is 2.35. The lowest BCUT2D eigenvalue weighted by Crippen LogP contribution is -1.98. The molecule has 0 amide bonds. The smallest absolute Gasteiger partial charge is 0.0348 e. The molecule has 0 spiro atoms. The van der Waals surface area contributed by atoms with Crippen molar-refractivity contribution in [2.24, 2.45) is 5.92 Å². The molecule has 14 heavy (non-hydrogen) atoms. The molecule has 0 rings (SSSR count). The van der Waals surface area contributed by atoms with Gasteiger partial charge in [-0.1, -0.05) is 65.0 Å². The molecule has 0 heteroatoms. The van der Waals surface area contributed by atoms with Crippen molar-refractivity contribution in [3.05, 3.63) is 12.2 Å². The fourth-order valence-corrected chi connectivity index (χ4v) is 1.85. The first-order valence-corrected chi connectivity index (χ1v) is 6.50. The summed E-state index contributed by atoms with van der Waals surface area (Å²) in [5.41, 5.74) is 0. The molecule has 0 heterocycles. The van der Waals surface area contributed by atoms with Crippen LogP contribution < -0.4 is 0 Å². The van der Waals surface area contributed by atoms with Crippen molar-refractivity contribution in [3.63, 3.8) is 0 Å². The van der Waals surface area contributed by atoms with E-state index in [9.17, 15) is 0 Å². The predicted octanol–water partition coefficient (Wildman–Crippen LogP) is 5.34. The van der Waals surface area contributed by atoms with Crippen molar-refractivity contribution in [3.8, 4) is 0 Å². The molecule has 1 atom stereocenters. The van der Waals surface area contributed by atoms with E-state index in [1.807, 2.05) is 0 Å². The lowest BCUT2D eigenvalue weighted by molar-refractivity contribution is 0.419. The Bertz CT molecular complexity index is 124. The van der Waals surface area contributed by atoms with Gasteiger partial charge in [0.2, 0.25) is 0 Å². The van der Waals surface area contributed by atoms with Crippen LogP contribution in [0.2, 0.25) is 0 Å². The van der Waals surface area contributed by atoms with Crippen LogP contribution in [0.25, 0.3) is 0 Å². The number of hydrogen-bond donors (Lipinski definition) is 0. The van der Waals surface area contributed by atoms with Gasteiger partial charge in [0.05, 0.1) is 0 Å². The Balaban J connectivity index is 3.42. The molecule has 0 N–H and O–H groups in total. The molecule has 84 valence electrons. The molecule has 0 bridgehead atoms. The molecule has 0 saturated carbocycles. The Morgan fingerprint density at radius 2 is 1.71 bits per heavy atom. The van der Waals surface area contributed by atoms with Crippen LogP contribution in [-0.2, 0) is 0 Å². The molecule has 0 radical (unpaired) electrons. The minimum absolute atomic E-state index is 0.975. The Morgan fingerprint density at radius 1 is 0.929 bits per heavy atom. The van der Waals surface area contributed by atoms with Crippen LogP contribution >= 0.6 is 0 Å². The van der Waals surface area contributed by atoms with E-state index < -0.39 is 0 Å². The van der Waals surface area contributed by atoms with E-state index >= 15 is 0 Å². The van der Waals surface area contributed by atoms with E-state index in [-0.39, 0.29) is 0 Å². The van der Waals surface area contributed by atoms with Crippen LogP contribution in [0.4, 0.5) is 0 Å². The first-order valence-electron chi connectivity index (χ1n) is 6.50. The third-order valence-corrected chi connectivity index (χ3v) is 2.94. The zero-order chi connectivity index (χ0) is 10.6.